The number of aliphatic carboxylic acids is 1. The van der Waals surface area contributed by atoms with Crippen molar-refractivity contribution in [2.75, 3.05) is 32.6 Å². The average Bonchev–Trinajstić information content (AvgIpc) is 3.42. The summed E-state index contributed by atoms with van der Waals surface area (Å²) in [4.78, 5) is 27.9. The van der Waals surface area contributed by atoms with Crippen molar-refractivity contribution in [2.45, 2.75) is 43.5 Å². The molecule has 4 rings (SSSR count). The van der Waals surface area contributed by atoms with Crippen LogP contribution in [0.3, 0.4) is 0 Å². The summed E-state index contributed by atoms with van der Waals surface area (Å²) in [6.07, 6.45) is -2.05. The Morgan fingerprint density at radius 3 is 2.63 bits per heavy atom. The number of hydrogen-bond acceptors (Lipinski definition) is 7. The predicted molar refractivity (Wildman–Crippen MR) is 121 cm³/mol. The van der Waals surface area contributed by atoms with Gasteiger partial charge in [0, 0.05) is 37.8 Å². The standard InChI is InChI=1S/C20H26N4O3S.C2HF3O2/c1-15-4-3-5-16(21-15)11-27-17-10-20(28-12-17)13-23(14-20)19(25)18-6-7-24(22-18)8-9-26-2;3-2(4,5)1(6)7/h3-7,17H,8-14H2,1-2H3;(H,6,7). The summed E-state index contributed by atoms with van der Waals surface area (Å²) in [6, 6.07) is 7.79. The number of carbonyl (C=O) groups is 2. The van der Waals surface area contributed by atoms with E-state index in [1.165, 1.54) is 0 Å². The van der Waals surface area contributed by atoms with Crippen LogP contribution in [-0.2, 0) is 27.4 Å². The molecule has 2 aliphatic heterocycles. The van der Waals surface area contributed by atoms with Crippen LogP contribution in [0.5, 0.6) is 0 Å². The quantitative estimate of drug-likeness (QED) is 0.599. The van der Waals surface area contributed by atoms with Gasteiger partial charge in [0.15, 0.2) is 0 Å². The lowest BCUT2D eigenvalue weighted by Gasteiger charge is -2.47. The van der Waals surface area contributed by atoms with Gasteiger partial charge < -0.3 is 19.5 Å². The molecule has 13 heteroatoms. The Kier molecular flexibility index (Phi) is 8.78. The van der Waals surface area contributed by atoms with E-state index in [1.807, 2.05) is 48.0 Å². The van der Waals surface area contributed by atoms with Crippen LogP contribution in [0.2, 0.25) is 0 Å². The Hall–Kier alpha value is -2.64. The van der Waals surface area contributed by atoms with E-state index in [0.717, 1.165) is 36.7 Å². The van der Waals surface area contributed by atoms with Crippen LogP contribution < -0.4 is 0 Å². The molecule has 1 N–H and O–H groups in total. The Balaban J connectivity index is 0.000000429. The van der Waals surface area contributed by atoms with Crippen molar-refractivity contribution in [1.29, 1.82) is 0 Å². The molecule has 2 fully saturated rings. The number of hydrogen-bond donors (Lipinski definition) is 1. The zero-order valence-electron chi connectivity index (χ0n) is 19.3. The zero-order chi connectivity index (χ0) is 25.6. The van der Waals surface area contributed by atoms with Gasteiger partial charge in [-0.15, -0.1) is 11.8 Å². The predicted octanol–water partition coefficient (Wildman–Crippen LogP) is 2.78. The minimum Gasteiger partial charge on any atom is -0.475 e. The number of carboxylic acid groups (broad SMARTS) is 1. The second kappa shape index (κ2) is 11.4. The fraction of sp³-hybridized carbons (Fsp3) is 0.545. The molecule has 2 aromatic rings. The third kappa shape index (κ3) is 7.42. The Morgan fingerprint density at radius 1 is 1.29 bits per heavy atom. The molecular formula is C22H27F3N4O5S. The summed E-state index contributed by atoms with van der Waals surface area (Å²) in [6.45, 7) is 5.31. The average molecular weight is 517 g/mol. The van der Waals surface area contributed by atoms with Gasteiger partial charge in [-0.25, -0.2) is 4.79 Å². The smallest absolute Gasteiger partial charge is 0.475 e. The highest BCUT2D eigenvalue weighted by Crippen LogP contribution is 2.46. The lowest BCUT2D eigenvalue weighted by Crippen LogP contribution is -2.60. The van der Waals surface area contributed by atoms with E-state index in [0.29, 0.717) is 25.5 Å². The lowest BCUT2D eigenvalue weighted by molar-refractivity contribution is -0.192. The molecule has 192 valence electrons. The Morgan fingerprint density at radius 2 is 2.00 bits per heavy atom. The van der Waals surface area contributed by atoms with E-state index in [9.17, 15) is 18.0 Å². The first-order chi connectivity index (χ1) is 16.5. The number of ether oxygens (including phenoxy) is 2. The molecule has 2 saturated heterocycles. The van der Waals surface area contributed by atoms with Crippen molar-refractivity contribution in [3.63, 3.8) is 0 Å². The molecule has 0 saturated carbocycles. The van der Waals surface area contributed by atoms with Gasteiger partial charge in [0.2, 0.25) is 0 Å². The molecular weight excluding hydrogens is 489 g/mol. The van der Waals surface area contributed by atoms with Crippen LogP contribution in [0.15, 0.2) is 30.5 Å². The first-order valence-corrected chi connectivity index (χ1v) is 11.8. The number of likely N-dealkylation sites (tertiary alicyclic amines) is 1. The van der Waals surface area contributed by atoms with Gasteiger partial charge in [0.1, 0.15) is 5.69 Å². The number of aromatic nitrogens is 3. The van der Waals surface area contributed by atoms with Crippen molar-refractivity contribution in [2.24, 2.45) is 0 Å². The molecule has 0 aliphatic carbocycles. The van der Waals surface area contributed by atoms with E-state index in [2.05, 4.69) is 10.1 Å². The molecule has 0 bridgehead atoms. The second-order valence-corrected chi connectivity index (χ2v) is 9.81. The van der Waals surface area contributed by atoms with E-state index in [-0.39, 0.29) is 16.8 Å². The highest BCUT2D eigenvalue weighted by molar-refractivity contribution is 8.01. The molecule has 1 spiro atoms. The van der Waals surface area contributed by atoms with E-state index in [4.69, 9.17) is 19.4 Å². The number of thioether (sulfide) groups is 1. The molecule has 2 aromatic heterocycles. The first-order valence-electron chi connectivity index (χ1n) is 10.8. The van der Waals surface area contributed by atoms with Crippen LogP contribution in [0.25, 0.3) is 0 Å². The Labute approximate surface area is 204 Å². The zero-order valence-corrected chi connectivity index (χ0v) is 20.1. The molecule has 2 aliphatic rings. The second-order valence-electron chi connectivity index (χ2n) is 8.32. The third-order valence-electron chi connectivity index (χ3n) is 5.46. The number of aryl methyl sites for hydroxylation is 1. The number of alkyl halides is 3. The van der Waals surface area contributed by atoms with Gasteiger partial charge in [0.05, 0.1) is 36.3 Å². The largest absolute Gasteiger partial charge is 0.490 e. The lowest BCUT2D eigenvalue weighted by atomic mass is 9.92. The highest BCUT2D eigenvalue weighted by Gasteiger charge is 2.51. The van der Waals surface area contributed by atoms with Crippen LogP contribution in [-0.4, -0.2) is 86.2 Å². The minimum absolute atomic E-state index is 0.00993. The maximum atomic E-state index is 12.6. The summed E-state index contributed by atoms with van der Waals surface area (Å²) >= 11 is 1.93. The van der Waals surface area contributed by atoms with Gasteiger partial charge in [-0.2, -0.15) is 18.3 Å². The highest BCUT2D eigenvalue weighted by atomic mass is 32.2. The number of carbonyl (C=O) groups excluding carboxylic acids is 1. The number of rotatable bonds is 7. The van der Waals surface area contributed by atoms with E-state index in [1.54, 1.807) is 17.9 Å². The van der Waals surface area contributed by atoms with Gasteiger partial charge in [-0.05, 0) is 31.5 Å². The number of halogens is 3. The first kappa shape index (κ1) is 27.0. The number of amides is 1. The molecule has 1 atom stereocenters. The van der Waals surface area contributed by atoms with Crippen molar-refractivity contribution >= 4 is 23.6 Å². The van der Waals surface area contributed by atoms with Crippen LogP contribution in [0, 0.1) is 6.92 Å². The normalized spacial score (nSPS) is 18.7. The van der Waals surface area contributed by atoms with Gasteiger partial charge in [0.25, 0.3) is 5.91 Å². The monoisotopic (exact) mass is 516 g/mol. The summed E-state index contributed by atoms with van der Waals surface area (Å²) in [5.41, 5.74) is 2.49. The van der Waals surface area contributed by atoms with E-state index < -0.39 is 12.1 Å². The van der Waals surface area contributed by atoms with Crippen molar-refractivity contribution in [1.82, 2.24) is 19.7 Å². The van der Waals surface area contributed by atoms with Crippen LogP contribution in [0.1, 0.15) is 28.3 Å². The third-order valence-corrected chi connectivity index (χ3v) is 7.04. The van der Waals surface area contributed by atoms with Gasteiger partial charge >= 0.3 is 12.1 Å². The molecule has 9 nitrogen and oxygen atoms in total. The van der Waals surface area contributed by atoms with Crippen molar-refractivity contribution in [3.05, 3.63) is 47.5 Å². The van der Waals surface area contributed by atoms with Crippen LogP contribution in [0.4, 0.5) is 13.2 Å². The topological polar surface area (TPSA) is 107 Å². The SMILES string of the molecule is COCCn1ccc(C(=O)N2CC3(CC(OCc4cccc(C)n4)CS3)C2)n1.O=C(O)C(F)(F)F. The van der Waals surface area contributed by atoms with E-state index >= 15 is 0 Å². The molecule has 1 unspecified atom stereocenters. The Bertz CT molecular complexity index is 1030. The fourth-order valence-corrected chi connectivity index (χ4v) is 5.30. The molecule has 4 heterocycles. The van der Waals surface area contributed by atoms with Crippen molar-refractivity contribution < 1.29 is 37.3 Å². The maximum absolute atomic E-state index is 12.6. The number of carboxylic acids is 1. The summed E-state index contributed by atoms with van der Waals surface area (Å²) in [5.74, 6) is -1.78. The molecule has 0 radical (unpaired) electrons. The van der Waals surface area contributed by atoms with Gasteiger partial charge in [-0.1, -0.05) is 6.07 Å². The maximum Gasteiger partial charge on any atom is 0.490 e. The van der Waals surface area contributed by atoms with Gasteiger partial charge in [-0.3, -0.25) is 14.5 Å². The molecule has 1 amide bonds. The number of pyridine rings is 1. The van der Waals surface area contributed by atoms with Crippen LogP contribution >= 0.6 is 11.8 Å². The summed E-state index contributed by atoms with van der Waals surface area (Å²) in [7, 11) is 1.66. The minimum atomic E-state index is -5.08. The summed E-state index contributed by atoms with van der Waals surface area (Å²) in [5, 5.41) is 11.5. The number of nitrogens with zero attached hydrogens (tertiary/aromatic N) is 4. The summed E-state index contributed by atoms with van der Waals surface area (Å²) < 4.78 is 44.8. The number of methoxy groups -OCH3 is 1. The van der Waals surface area contributed by atoms with Crippen molar-refractivity contribution in [3.8, 4) is 0 Å². The fourth-order valence-electron chi connectivity index (χ4n) is 3.75. The molecule has 0 aromatic carbocycles. The molecule has 35 heavy (non-hydrogen) atoms.